The second-order valence-corrected chi connectivity index (χ2v) is 3.84. The van der Waals surface area contributed by atoms with Gasteiger partial charge in [0.2, 0.25) is 6.41 Å². The van der Waals surface area contributed by atoms with Crippen LogP contribution in [0.5, 0.6) is 0 Å². The predicted octanol–water partition coefficient (Wildman–Crippen LogP) is 2.34. The Labute approximate surface area is 109 Å². The second kappa shape index (κ2) is 5.19. The van der Waals surface area contributed by atoms with Gasteiger partial charge in [0.05, 0.1) is 22.5 Å². The molecule has 0 aliphatic heterocycles. The lowest BCUT2D eigenvalue weighted by atomic mass is 10.1. The quantitative estimate of drug-likeness (QED) is 0.364. The van der Waals surface area contributed by atoms with Crippen LogP contribution in [0.4, 0.5) is 11.4 Å². The largest absolute Gasteiger partial charge is 0.303 e. The van der Waals surface area contributed by atoms with Crippen molar-refractivity contribution in [2.45, 2.75) is 0 Å². The minimum Gasteiger partial charge on any atom is -0.303 e. The summed E-state index contributed by atoms with van der Waals surface area (Å²) < 4.78 is 0. The Balaban J connectivity index is 2.71. The van der Waals surface area contributed by atoms with Gasteiger partial charge in [-0.1, -0.05) is 24.1 Å². The highest BCUT2D eigenvalue weighted by molar-refractivity contribution is 6.02. The third kappa shape index (κ3) is 2.24. The van der Waals surface area contributed by atoms with Crippen molar-refractivity contribution in [3.05, 3.63) is 46.5 Å². The van der Waals surface area contributed by atoms with E-state index in [-0.39, 0.29) is 12.2 Å². The van der Waals surface area contributed by atoms with Gasteiger partial charge >= 0.3 is 0 Å². The van der Waals surface area contributed by atoms with Crippen LogP contribution in [0.15, 0.2) is 36.4 Å². The lowest BCUT2D eigenvalue weighted by Gasteiger charge is -2.16. The number of hydrogen-bond donors (Lipinski definition) is 0. The summed E-state index contributed by atoms with van der Waals surface area (Å²) in [5.41, 5.74) is 0.569. The van der Waals surface area contributed by atoms with Gasteiger partial charge in [-0.05, 0) is 12.1 Å². The first-order valence-corrected chi connectivity index (χ1v) is 5.50. The molecule has 0 aliphatic carbocycles. The van der Waals surface area contributed by atoms with Crippen LogP contribution in [0.3, 0.4) is 0 Å². The van der Waals surface area contributed by atoms with Crippen molar-refractivity contribution in [3.63, 3.8) is 0 Å². The van der Waals surface area contributed by atoms with Gasteiger partial charge in [0.1, 0.15) is 0 Å². The molecule has 5 heteroatoms. The number of nitro groups is 1. The van der Waals surface area contributed by atoms with Gasteiger partial charge in [0.25, 0.3) is 5.69 Å². The molecule has 0 aromatic heterocycles. The third-order valence-electron chi connectivity index (χ3n) is 2.77. The first-order chi connectivity index (χ1) is 9.19. The molecule has 0 saturated heterocycles. The standard InChI is InChI=1S/C14H10N2O3/c1-2-9-15(10-17)13-7-3-6-12-11(13)5-4-8-14(12)16(18)19/h1,3-8,10H,9H2. The van der Waals surface area contributed by atoms with Crippen LogP contribution < -0.4 is 4.90 Å². The van der Waals surface area contributed by atoms with E-state index in [0.29, 0.717) is 22.9 Å². The maximum absolute atomic E-state index is 11.1. The van der Waals surface area contributed by atoms with Crippen molar-refractivity contribution in [3.8, 4) is 12.3 Å². The van der Waals surface area contributed by atoms with Crippen molar-refractivity contribution in [2.24, 2.45) is 0 Å². The van der Waals surface area contributed by atoms with Crippen molar-refractivity contribution in [1.82, 2.24) is 0 Å². The fourth-order valence-corrected chi connectivity index (χ4v) is 1.96. The molecule has 1 amide bonds. The molecule has 0 N–H and O–H groups in total. The van der Waals surface area contributed by atoms with Gasteiger partial charge in [0.15, 0.2) is 0 Å². The van der Waals surface area contributed by atoms with Crippen LogP contribution >= 0.6 is 0 Å². The number of terminal acetylenes is 1. The molecular weight excluding hydrogens is 244 g/mol. The summed E-state index contributed by atoms with van der Waals surface area (Å²) in [6.07, 6.45) is 5.82. The molecule has 0 fully saturated rings. The fraction of sp³-hybridized carbons (Fsp3) is 0.0714. The average Bonchev–Trinajstić information content (AvgIpc) is 2.43. The van der Waals surface area contributed by atoms with Crippen LogP contribution in [-0.4, -0.2) is 17.9 Å². The molecule has 0 radical (unpaired) electrons. The number of carbonyl (C=O) groups excluding carboxylic acids is 1. The van der Waals surface area contributed by atoms with Gasteiger partial charge < -0.3 is 4.90 Å². The van der Waals surface area contributed by atoms with E-state index in [1.165, 1.54) is 11.0 Å². The number of nitro benzene ring substituents is 1. The van der Waals surface area contributed by atoms with Crippen molar-refractivity contribution in [1.29, 1.82) is 0 Å². The first kappa shape index (κ1) is 12.6. The number of amides is 1. The second-order valence-electron chi connectivity index (χ2n) is 3.84. The molecule has 5 nitrogen and oxygen atoms in total. The predicted molar refractivity (Wildman–Crippen MR) is 72.8 cm³/mol. The molecule has 0 spiro atoms. The van der Waals surface area contributed by atoms with Crippen LogP contribution in [-0.2, 0) is 4.79 Å². The Kier molecular flexibility index (Phi) is 3.44. The highest BCUT2D eigenvalue weighted by Crippen LogP contribution is 2.31. The number of benzene rings is 2. The lowest BCUT2D eigenvalue weighted by molar-refractivity contribution is -0.383. The van der Waals surface area contributed by atoms with Crippen LogP contribution in [0.1, 0.15) is 0 Å². The molecular formula is C14H10N2O3. The van der Waals surface area contributed by atoms with Gasteiger partial charge in [-0.25, -0.2) is 0 Å². The molecule has 0 atom stereocenters. The summed E-state index contributed by atoms with van der Waals surface area (Å²) in [6, 6.07) is 9.76. The smallest absolute Gasteiger partial charge is 0.277 e. The van der Waals surface area contributed by atoms with Crippen molar-refractivity contribution in [2.75, 3.05) is 11.4 Å². The first-order valence-electron chi connectivity index (χ1n) is 5.50. The Morgan fingerprint density at radius 1 is 1.26 bits per heavy atom. The molecule has 2 rings (SSSR count). The minimum atomic E-state index is -0.446. The lowest BCUT2D eigenvalue weighted by Crippen LogP contribution is -2.21. The van der Waals surface area contributed by atoms with Crippen LogP contribution in [0.25, 0.3) is 10.8 Å². The summed E-state index contributed by atoms with van der Waals surface area (Å²) in [5.74, 6) is 2.38. The molecule has 94 valence electrons. The molecule has 0 bridgehead atoms. The van der Waals surface area contributed by atoms with Gasteiger partial charge in [0, 0.05) is 11.5 Å². The molecule has 2 aromatic carbocycles. The van der Waals surface area contributed by atoms with E-state index in [2.05, 4.69) is 5.92 Å². The molecule has 0 saturated carbocycles. The van der Waals surface area contributed by atoms with E-state index < -0.39 is 4.92 Å². The molecule has 0 aliphatic rings. The molecule has 0 unspecified atom stereocenters. The van der Waals surface area contributed by atoms with Gasteiger partial charge in [-0.2, -0.15) is 0 Å². The van der Waals surface area contributed by atoms with Crippen LogP contribution in [0, 0.1) is 22.5 Å². The summed E-state index contributed by atoms with van der Waals surface area (Å²) in [5, 5.41) is 12.1. The molecule has 2 aromatic rings. The number of fused-ring (bicyclic) bond motifs is 1. The highest BCUT2D eigenvalue weighted by atomic mass is 16.6. The number of carbonyl (C=O) groups is 1. The number of nitrogens with zero attached hydrogens (tertiary/aromatic N) is 2. The summed E-state index contributed by atoms with van der Waals surface area (Å²) in [4.78, 5) is 22.9. The zero-order valence-electron chi connectivity index (χ0n) is 9.95. The van der Waals surface area contributed by atoms with E-state index in [1.54, 1.807) is 30.3 Å². The van der Waals surface area contributed by atoms with E-state index in [4.69, 9.17) is 6.42 Å². The monoisotopic (exact) mass is 254 g/mol. The number of non-ortho nitro benzene ring substituents is 1. The van der Waals surface area contributed by atoms with Crippen molar-refractivity contribution < 1.29 is 9.72 Å². The van der Waals surface area contributed by atoms with Gasteiger partial charge in [-0.15, -0.1) is 6.42 Å². The Morgan fingerprint density at radius 2 is 1.95 bits per heavy atom. The van der Waals surface area contributed by atoms with E-state index in [9.17, 15) is 14.9 Å². The molecule has 0 heterocycles. The summed E-state index contributed by atoms with van der Waals surface area (Å²) in [6.45, 7) is 0.116. The number of hydrogen-bond acceptors (Lipinski definition) is 3. The Bertz CT molecular complexity index is 689. The Hall–Kier alpha value is -2.87. The summed E-state index contributed by atoms with van der Waals surface area (Å²) in [7, 11) is 0. The topological polar surface area (TPSA) is 63.5 Å². The maximum Gasteiger partial charge on any atom is 0.277 e. The van der Waals surface area contributed by atoms with E-state index in [1.807, 2.05) is 0 Å². The minimum absolute atomic E-state index is 0.00547. The Morgan fingerprint density at radius 3 is 2.58 bits per heavy atom. The maximum atomic E-state index is 11.1. The van der Waals surface area contributed by atoms with Crippen LogP contribution in [0.2, 0.25) is 0 Å². The normalized spacial score (nSPS) is 9.84. The zero-order valence-corrected chi connectivity index (χ0v) is 9.95. The average molecular weight is 254 g/mol. The zero-order chi connectivity index (χ0) is 13.8. The molecule has 19 heavy (non-hydrogen) atoms. The van der Waals surface area contributed by atoms with E-state index in [0.717, 1.165) is 0 Å². The SMILES string of the molecule is C#CCN(C=O)c1cccc2c([N+](=O)[O-])cccc12. The highest BCUT2D eigenvalue weighted by Gasteiger charge is 2.15. The van der Waals surface area contributed by atoms with E-state index >= 15 is 0 Å². The number of anilines is 1. The van der Waals surface area contributed by atoms with Gasteiger partial charge in [-0.3, -0.25) is 14.9 Å². The fourth-order valence-electron chi connectivity index (χ4n) is 1.96. The third-order valence-corrected chi connectivity index (χ3v) is 2.77. The number of rotatable bonds is 4. The summed E-state index contributed by atoms with van der Waals surface area (Å²) >= 11 is 0. The van der Waals surface area contributed by atoms with Crippen molar-refractivity contribution >= 4 is 28.6 Å².